The molecule has 0 fully saturated rings. The zero-order valence-corrected chi connectivity index (χ0v) is 16.0. The van der Waals surface area contributed by atoms with Crippen LogP contribution in [0.25, 0.3) is 0 Å². The zero-order valence-electron chi connectivity index (χ0n) is 16.0. The van der Waals surface area contributed by atoms with E-state index < -0.39 is 0 Å². The summed E-state index contributed by atoms with van der Waals surface area (Å²) in [6.45, 7) is 9.75. The van der Waals surface area contributed by atoms with Crippen LogP contribution in [0, 0.1) is 0 Å². The topological polar surface area (TPSA) is 40.2 Å². The normalized spacial score (nSPS) is 10.7. The highest BCUT2D eigenvalue weighted by atomic mass is 16.5. The molecule has 0 amide bonds. The number of rotatable bonds is 15. The Labute approximate surface area is 157 Å². The van der Waals surface area contributed by atoms with Gasteiger partial charge in [-0.1, -0.05) is 13.2 Å². The molecule has 0 radical (unpaired) electrons. The average Bonchev–Trinajstić information content (AvgIpc) is 2.60. The van der Waals surface area contributed by atoms with Crippen molar-refractivity contribution in [2.45, 2.75) is 25.8 Å². The molecule has 0 aromatic heterocycles. The molecule has 0 aliphatic rings. The molecule has 1 rings (SSSR count). The fraction of sp³-hybridized carbons (Fsp3) is 0.429. The first-order valence-electron chi connectivity index (χ1n) is 8.84. The van der Waals surface area contributed by atoms with Crippen LogP contribution >= 0.6 is 0 Å². The molecule has 0 atom stereocenters. The molecule has 0 spiro atoms. The van der Waals surface area contributed by atoms with Crippen LogP contribution in [0.4, 0.5) is 0 Å². The second-order valence-corrected chi connectivity index (χ2v) is 5.96. The van der Waals surface area contributed by atoms with Crippen molar-refractivity contribution in [3.8, 4) is 11.5 Å². The van der Waals surface area contributed by atoms with E-state index in [9.17, 15) is 0 Å². The van der Waals surface area contributed by atoms with Gasteiger partial charge in [-0.3, -0.25) is 0 Å². The first-order valence-corrected chi connectivity index (χ1v) is 8.84. The lowest BCUT2D eigenvalue weighted by molar-refractivity contribution is 0.226. The first kappa shape index (κ1) is 21.6. The predicted octanol–water partition coefficient (Wildman–Crippen LogP) is 4.51. The molecule has 0 bridgehead atoms. The van der Waals surface area contributed by atoms with Crippen LogP contribution in [0.1, 0.15) is 24.8 Å². The maximum absolute atomic E-state index is 5.87. The fourth-order valence-corrected chi connectivity index (χ4v) is 2.21. The van der Waals surface area contributed by atoms with Gasteiger partial charge in [0.1, 0.15) is 11.5 Å². The van der Waals surface area contributed by atoms with Crippen molar-refractivity contribution in [3.63, 3.8) is 0 Å². The van der Waals surface area contributed by atoms with E-state index in [0.717, 1.165) is 42.9 Å². The average molecular weight is 361 g/mol. The van der Waals surface area contributed by atoms with Crippen molar-refractivity contribution >= 4 is 0 Å². The Morgan fingerprint density at radius 1 is 0.923 bits per heavy atom. The van der Waals surface area contributed by atoms with Gasteiger partial charge < -0.3 is 23.8 Å². The molecule has 0 N–H and O–H groups in total. The van der Waals surface area contributed by atoms with Gasteiger partial charge in [-0.2, -0.15) is 0 Å². The molecule has 0 aliphatic heterocycles. The van der Waals surface area contributed by atoms with Crippen LogP contribution in [0.3, 0.4) is 0 Å². The fourth-order valence-electron chi connectivity index (χ4n) is 2.21. The van der Waals surface area contributed by atoms with Crippen molar-refractivity contribution in [1.82, 2.24) is 4.90 Å². The van der Waals surface area contributed by atoms with Crippen LogP contribution in [-0.4, -0.2) is 38.8 Å². The van der Waals surface area contributed by atoms with Crippen molar-refractivity contribution in [3.05, 3.63) is 61.8 Å². The highest BCUT2D eigenvalue weighted by Gasteiger charge is 2.04. The molecule has 0 saturated heterocycles. The third-order valence-corrected chi connectivity index (χ3v) is 3.30. The number of nitrogens with zero attached hydrogens (tertiary/aromatic N) is 1. The minimum absolute atomic E-state index is 0.591. The summed E-state index contributed by atoms with van der Waals surface area (Å²) < 4.78 is 21.8. The minimum Gasteiger partial charge on any atom is -0.502 e. The summed E-state index contributed by atoms with van der Waals surface area (Å²) in [7, 11) is 4.07. The Hall–Kier alpha value is -2.40. The van der Waals surface area contributed by atoms with Gasteiger partial charge in [0, 0.05) is 19.0 Å². The molecule has 5 heteroatoms. The summed E-state index contributed by atoms with van der Waals surface area (Å²) in [6, 6.07) is 5.98. The van der Waals surface area contributed by atoms with Gasteiger partial charge in [0.05, 0.1) is 38.6 Å². The molecule has 5 nitrogen and oxygen atoms in total. The summed E-state index contributed by atoms with van der Waals surface area (Å²) in [5.41, 5.74) is 1.14. The molecule has 1 aromatic rings. The van der Waals surface area contributed by atoms with Crippen LogP contribution in [-0.2, 0) is 16.0 Å². The van der Waals surface area contributed by atoms with E-state index in [-0.39, 0.29) is 0 Å². The first-order chi connectivity index (χ1) is 12.7. The quantitative estimate of drug-likeness (QED) is 0.339. The van der Waals surface area contributed by atoms with E-state index in [0.29, 0.717) is 19.8 Å². The van der Waals surface area contributed by atoms with E-state index >= 15 is 0 Å². The maximum Gasteiger partial charge on any atom is 0.130 e. The van der Waals surface area contributed by atoms with Crippen LogP contribution < -0.4 is 9.47 Å². The van der Waals surface area contributed by atoms with Gasteiger partial charge in [0.15, 0.2) is 0 Å². The van der Waals surface area contributed by atoms with Crippen LogP contribution in [0.15, 0.2) is 56.2 Å². The minimum atomic E-state index is 0.591. The van der Waals surface area contributed by atoms with Gasteiger partial charge in [-0.25, -0.2) is 0 Å². The van der Waals surface area contributed by atoms with E-state index in [1.165, 1.54) is 12.5 Å². The van der Waals surface area contributed by atoms with E-state index in [1.807, 2.05) is 32.3 Å². The molecule has 0 saturated carbocycles. The smallest absolute Gasteiger partial charge is 0.130 e. The number of hydrogen-bond donors (Lipinski definition) is 0. The SMILES string of the molecule is C=COCC/C=C/Oc1cc(CN(C)C)cc(OCCCCOC=C)c1. The van der Waals surface area contributed by atoms with E-state index in [2.05, 4.69) is 24.1 Å². The van der Waals surface area contributed by atoms with Gasteiger partial charge in [-0.05, 0) is 50.7 Å². The Balaban J connectivity index is 2.58. The van der Waals surface area contributed by atoms with Crippen molar-refractivity contribution in [2.24, 2.45) is 0 Å². The summed E-state index contributed by atoms with van der Waals surface area (Å²) in [4.78, 5) is 2.11. The van der Waals surface area contributed by atoms with Crippen molar-refractivity contribution in [1.29, 1.82) is 0 Å². The Morgan fingerprint density at radius 3 is 2.35 bits per heavy atom. The third kappa shape index (κ3) is 10.5. The number of unbranched alkanes of at least 4 members (excludes halogenated alkanes) is 1. The molecule has 0 unspecified atom stereocenters. The summed E-state index contributed by atoms with van der Waals surface area (Å²) >= 11 is 0. The molecular formula is C21H31NO4. The van der Waals surface area contributed by atoms with Crippen LogP contribution in [0.5, 0.6) is 11.5 Å². The standard InChI is InChI=1S/C21H31NO4/c1-5-23-11-7-9-13-25-20-15-19(18-22(3)4)16-21(17-20)26-14-10-8-12-24-6-2/h5-6,9,13,15-17H,1-2,7-8,10-12,14,18H2,3-4H3/b13-9+. The van der Waals surface area contributed by atoms with Crippen molar-refractivity contribution < 1.29 is 18.9 Å². The highest BCUT2D eigenvalue weighted by Crippen LogP contribution is 2.24. The number of benzene rings is 1. The number of ether oxygens (including phenoxy) is 4. The van der Waals surface area contributed by atoms with Gasteiger partial charge in [-0.15, -0.1) is 0 Å². The zero-order chi connectivity index (χ0) is 19.0. The Kier molecular flexibility index (Phi) is 11.5. The second kappa shape index (κ2) is 13.8. The largest absolute Gasteiger partial charge is 0.502 e. The molecule has 0 heterocycles. The maximum atomic E-state index is 5.87. The lowest BCUT2D eigenvalue weighted by atomic mass is 10.2. The number of hydrogen-bond acceptors (Lipinski definition) is 5. The second-order valence-electron chi connectivity index (χ2n) is 5.96. The van der Waals surface area contributed by atoms with E-state index in [4.69, 9.17) is 18.9 Å². The summed E-state index contributed by atoms with van der Waals surface area (Å²) in [5.74, 6) is 1.57. The monoisotopic (exact) mass is 361 g/mol. The third-order valence-electron chi connectivity index (χ3n) is 3.30. The van der Waals surface area contributed by atoms with Gasteiger partial charge in [0.2, 0.25) is 0 Å². The van der Waals surface area contributed by atoms with Gasteiger partial charge >= 0.3 is 0 Å². The lowest BCUT2D eigenvalue weighted by Gasteiger charge is -2.14. The van der Waals surface area contributed by atoms with E-state index in [1.54, 1.807) is 6.26 Å². The molecule has 0 aliphatic carbocycles. The van der Waals surface area contributed by atoms with Crippen molar-refractivity contribution in [2.75, 3.05) is 33.9 Å². The predicted molar refractivity (Wildman–Crippen MR) is 105 cm³/mol. The Bertz CT molecular complexity index is 555. The summed E-state index contributed by atoms with van der Waals surface area (Å²) in [5, 5.41) is 0. The molecule has 144 valence electrons. The summed E-state index contributed by atoms with van der Waals surface area (Å²) in [6.07, 6.45) is 9.12. The Morgan fingerprint density at radius 2 is 1.62 bits per heavy atom. The molecule has 26 heavy (non-hydrogen) atoms. The van der Waals surface area contributed by atoms with Gasteiger partial charge in [0.25, 0.3) is 0 Å². The lowest BCUT2D eigenvalue weighted by Crippen LogP contribution is -2.11. The highest BCUT2D eigenvalue weighted by molar-refractivity contribution is 5.38. The molecule has 1 aromatic carbocycles. The van der Waals surface area contributed by atoms with Crippen LogP contribution in [0.2, 0.25) is 0 Å². The molecular weight excluding hydrogens is 330 g/mol.